The van der Waals surface area contributed by atoms with Crippen molar-refractivity contribution in [3.63, 3.8) is 0 Å². The van der Waals surface area contributed by atoms with Gasteiger partial charge in [-0.3, -0.25) is 4.79 Å². The molecule has 1 saturated heterocycles. The van der Waals surface area contributed by atoms with Gasteiger partial charge in [0, 0.05) is 37.3 Å². The van der Waals surface area contributed by atoms with Gasteiger partial charge in [-0.15, -0.1) is 0 Å². The summed E-state index contributed by atoms with van der Waals surface area (Å²) in [5.41, 5.74) is 0.148. The van der Waals surface area contributed by atoms with Crippen LogP contribution in [-0.4, -0.2) is 47.2 Å². The highest BCUT2D eigenvalue weighted by Crippen LogP contribution is 2.35. The Morgan fingerprint density at radius 3 is 2.67 bits per heavy atom. The van der Waals surface area contributed by atoms with Crippen molar-refractivity contribution in [2.24, 2.45) is 5.92 Å². The molecule has 146 valence electrons. The van der Waals surface area contributed by atoms with Gasteiger partial charge in [0.15, 0.2) is 0 Å². The minimum atomic E-state index is -0.897. The number of esters is 1. The van der Waals surface area contributed by atoms with Crippen molar-refractivity contribution in [1.29, 1.82) is 0 Å². The number of carbonyl (C=O) groups excluding carboxylic acids is 2. The molecule has 7 heteroatoms. The van der Waals surface area contributed by atoms with Gasteiger partial charge in [0.25, 0.3) is 5.56 Å². The number of methoxy groups -OCH3 is 1. The number of ether oxygens (including phenoxy) is 1. The highest BCUT2D eigenvalue weighted by atomic mass is 16.5. The second-order valence-corrected chi connectivity index (χ2v) is 8.17. The number of nitrogens with one attached hydrogen (secondary N) is 1. The van der Waals surface area contributed by atoms with E-state index in [0.717, 1.165) is 31.4 Å². The van der Waals surface area contributed by atoms with E-state index in [1.165, 1.54) is 7.11 Å². The van der Waals surface area contributed by atoms with Gasteiger partial charge in [0.05, 0.1) is 7.11 Å². The van der Waals surface area contributed by atoms with Gasteiger partial charge in [-0.05, 0) is 31.2 Å². The lowest BCUT2D eigenvalue weighted by Gasteiger charge is -2.44. The molecular weight excluding hydrogens is 346 g/mol. The minimum absolute atomic E-state index is 0.0342. The first kappa shape index (κ1) is 18.1. The minimum Gasteiger partial charge on any atom is -0.467 e. The van der Waals surface area contributed by atoms with Crippen molar-refractivity contribution in [2.45, 2.75) is 56.5 Å². The zero-order valence-corrected chi connectivity index (χ0v) is 15.8. The number of hydrogen-bond acceptors (Lipinski definition) is 4. The Morgan fingerprint density at radius 2 is 1.93 bits per heavy atom. The Hall–Kier alpha value is -2.31. The number of fused-ring (bicyclic) bond motifs is 4. The third-order valence-electron chi connectivity index (χ3n) is 6.40. The molecule has 1 N–H and O–H groups in total. The summed E-state index contributed by atoms with van der Waals surface area (Å²) in [6.07, 6.45) is 5.16. The summed E-state index contributed by atoms with van der Waals surface area (Å²) in [6.45, 7) is 1.83. The van der Waals surface area contributed by atoms with E-state index in [-0.39, 0.29) is 29.4 Å². The average Bonchev–Trinajstić information content (AvgIpc) is 2.68. The predicted molar refractivity (Wildman–Crippen MR) is 99.5 cm³/mol. The molecule has 2 amide bonds. The summed E-state index contributed by atoms with van der Waals surface area (Å²) in [5.74, 6) is 0.0877. The Morgan fingerprint density at radius 1 is 1.15 bits per heavy atom. The molecule has 0 aromatic carbocycles. The molecule has 0 unspecified atom stereocenters. The van der Waals surface area contributed by atoms with E-state index in [1.807, 2.05) is 15.5 Å². The van der Waals surface area contributed by atoms with Crippen LogP contribution in [0.5, 0.6) is 0 Å². The zero-order valence-electron chi connectivity index (χ0n) is 15.8. The summed E-state index contributed by atoms with van der Waals surface area (Å²) in [7, 11) is 1.38. The number of aromatic nitrogens is 1. The van der Waals surface area contributed by atoms with Crippen molar-refractivity contribution in [3.05, 3.63) is 34.2 Å². The lowest BCUT2D eigenvalue weighted by atomic mass is 9.81. The second kappa shape index (κ2) is 7.02. The van der Waals surface area contributed by atoms with Crippen molar-refractivity contribution in [2.75, 3.05) is 20.2 Å². The highest BCUT2D eigenvalue weighted by molar-refractivity contribution is 5.87. The molecule has 4 rings (SSSR count). The van der Waals surface area contributed by atoms with Crippen LogP contribution in [0, 0.1) is 5.92 Å². The number of urea groups is 1. The van der Waals surface area contributed by atoms with E-state index in [1.54, 1.807) is 12.1 Å². The van der Waals surface area contributed by atoms with Crippen LogP contribution in [-0.2, 0) is 16.1 Å². The average molecular weight is 373 g/mol. The first-order valence-corrected chi connectivity index (χ1v) is 9.88. The Balaban J connectivity index is 1.52. The maximum absolute atomic E-state index is 13.0. The number of likely N-dealkylation sites (tertiary alicyclic amines) is 1. The van der Waals surface area contributed by atoms with Gasteiger partial charge >= 0.3 is 12.0 Å². The number of hydrogen-bond donors (Lipinski definition) is 1. The lowest BCUT2D eigenvalue weighted by molar-refractivity contribution is -0.149. The van der Waals surface area contributed by atoms with Crippen molar-refractivity contribution >= 4 is 12.0 Å². The van der Waals surface area contributed by atoms with Crippen molar-refractivity contribution in [3.8, 4) is 0 Å². The number of nitrogens with zero attached hydrogens (tertiary/aromatic N) is 2. The predicted octanol–water partition coefficient (Wildman–Crippen LogP) is 1.85. The number of rotatable bonds is 2. The smallest absolute Gasteiger partial charge is 0.331 e. The van der Waals surface area contributed by atoms with E-state index in [0.29, 0.717) is 32.5 Å². The van der Waals surface area contributed by atoms with Crippen LogP contribution >= 0.6 is 0 Å². The molecule has 1 aromatic rings. The fraction of sp³-hybridized carbons (Fsp3) is 0.650. The number of carbonyl (C=O) groups is 2. The summed E-state index contributed by atoms with van der Waals surface area (Å²) in [6, 6.07) is 5.18. The van der Waals surface area contributed by atoms with Gasteiger partial charge in [0.1, 0.15) is 5.54 Å². The van der Waals surface area contributed by atoms with Crippen LogP contribution in [0.15, 0.2) is 23.0 Å². The van der Waals surface area contributed by atoms with E-state index in [2.05, 4.69) is 5.32 Å². The number of pyridine rings is 1. The maximum Gasteiger partial charge on any atom is 0.331 e. The highest BCUT2D eigenvalue weighted by Gasteiger charge is 2.44. The van der Waals surface area contributed by atoms with Gasteiger partial charge in [0.2, 0.25) is 0 Å². The molecule has 2 aliphatic heterocycles. The third kappa shape index (κ3) is 3.24. The maximum atomic E-state index is 13.0. The topological polar surface area (TPSA) is 80.6 Å². The van der Waals surface area contributed by atoms with Crippen molar-refractivity contribution < 1.29 is 14.3 Å². The Labute approximate surface area is 158 Å². The van der Waals surface area contributed by atoms with Crippen LogP contribution in [0.25, 0.3) is 0 Å². The van der Waals surface area contributed by atoms with Gasteiger partial charge in [-0.25, -0.2) is 9.59 Å². The monoisotopic (exact) mass is 373 g/mol. The first-order chi connectivity index (χ1) is 13.0. The SMILES string of the molecule is COC(=O)C1(NC(=O)N2C[C@H]3C[C@@H](C2)c2cccc(=O)n2C3)CCCCC1. The van der Waals surface area contributed by atoms with E-state index < -0.39 is 5.54 Å². The zero-order chi connectivity index (χ0) is 19.0. The molecule has 7 nitrogen and oxygen atoms in total. The second-order valence-electron chi connectivity index (χ2n) is 8.17. The van der Waals surface area contributed by atoms with E-state index in [4.69, 9.17) is 4.74 Å². The van der Waals surface area contributed by atoms with Crippen molar-refractivity contribution in [1.82, 2.24) is 14.8 Å². The molecule has 3 heterocycles. The third-order valence-corrected chi connectivity index (χ3v) is 6.40. The summed E-state index contributed by atoms with van der Waals surface area (Å²) in [4.78, 5) is 39.4. The van der Waals surface area contributed by atoms with Crippen LogP contribution in [0.2, 0.25) is 0 Å². The number of piperidine rings is 1. The molecular formula is C20H27N3O4. The molecule has 1 aliphatic carbocycles. The Kier molecular flexibility index (Phi) is 4.70. The molecule has 0 spiro atoms. The van der Waals surface area contributed by atoms with Gasteiger partial charge < -0.3 is 19.5 Å². The van der Waals surface area contributed by atoms with Gasteiger partial charge in [-0.2, -0.15) is 0 Å². The summed E-state index contributed by atoms with van der Waals surface area (Å²) < 4.78 is 6.86. The molecule has 1 saturated carbocycles. The molecule has 2 fully saturated rings. The Bertz CT molecular complexity index is 797. The molecule has 3 aliphatic rings. The molecule has 27 heavy (non-hydrogen) atoms. The van der Waals surface area contributed by atoms with E-state index >= 15 is 0 Å². The lowest BCUT2D eigenvalue weighted by Crippen LogP contribution is -2.61. The fourth-order valence-corrected chi connectivity index (χ4v) is 5.08. The molecule has 2 atom stereocenters. The van der Waals surface area contributed by atoms with Gasteiger partial charge in [-0.1, -0.05) is 25.3 Å². The normalized spacial score (nSPS) is 26.0. The molecule has 0 radical (unpaired) electrons. The number of amides is 2. The van der Waals surface area contributed by atoms with Crippen LogP contribution in [0.1, 0.15) is 50.1 Å². The summed E-state index contributed by atoms with van der Waals surface area (Å²) >= 11 is 0. The van der Waals surface area contributed by atoms with Crippen LogP contribution < -0.4 is 10.9 Å². The van der Waals surface area contributed by atoms with E-state index in [9.17, 15) is 14.4 Å². The fourth-order valence-electron chi connectivity index (χ4n) is 5.08. The largest absolute Gasteiger partial charge is 0.467 e. The first-order valence-electron chi connectivity index (χ1n) is 9.88. The summed E-state index contributed by atoms with van der Waals surface area (Å²) in [5, 5.41) is 3.02. The molecule has 2 bridgehead atoms. The standard InChI is InChI=1S/C20H27N3O4/c1-27-18(25)20(8-3-2-4-9-20)21-19(26)22-11-14-10-15(13-22)16-6-5-7-17(24)23(16)12-14/h5-7,14-15H,2-4,8-13H2,1H3,(H,21,26)/t14-,15+/m1/s1. The quantitative estimate of drug-likeness (QED) is 0.803. The van der Waals surface area contributed by atoms with Crippen LogP contribution in [0.3, 0.4) is 0 Å². The molecule has 1 aromatic heterocycles. The van der Waals surface area contributed by atoms with Crippen LogP contribution in [0.4, 0.5) is 4.79 Å².